The van der Waals surface area contributed by atoms with E-state index in [0.29, 0.717) is 6.61 Å². The van der Waals surface area contributed by atoms with Gasteiger partial charge in [-0.05, 0) is 23.7 Å². The second-order valence-electron chi connectivity index (χ2n) is 7.26. The van der Waals surface area contributed by atoms with Crippen LogP contribution in [0.3, 0.4) is 0 Å². The van der Waals surface area contributed by atoms with Gasteiger partial charge in [0.15, 0.2) is 14.4 Å². The number of oxime groups is 1. The van der Waals surface area contributed by atoms with E-state index in [2.05, 4.69) is 45.6 Å². The summed E-state index contributed by atoms with van der Waals surface area (Å²) in [7, 11) is -1.95. The van der Waals surface area contributed by atoms with E-state index in [1.807, 2.05) is 30.3 Å². The number of carbonyl (C=O) groups excluding carboxylic acids is 1. The number of esters is 1. The third kappa shape index (κ3) is 7.66. The van der Waals surface area contributed by atoms with Crippen LogP contribution in [0, 0.1) is 0 Å². The van der Waals surface area contributed by atoms with E-state index in [1.165, 1.54) is 6.21 Å². The Bertz CT molecular complexity index is 579. The SMILES string of the molecule is C=CC(=O)O[C@@H](/C=N/OCc1ccccc1)CO[Si](C)(C)C(C)(C)C. The molecule has 0 unspecified atom stereocenters. The molecular weight excluding hydrogens is 334 g/mol. The predicted octanol–water partition coefficient (Wildman–Crippen LogP) is 4.31. The van der Waals surface area contributed by atoms with Crippen molar-refractivity contribution < 1.29 is 18.8 Å². The maximum atomic E-state index is 11.5. The quantitative estimate of drug-likeness (QED) is 0.216. The Morgan fingerprint density at radius 2 is 1.92 bits per heavy atom. The zero-order valence-electron chi connectivity index (χ0n) is 15.8. The summed E-state index contributed by atoms with van der Waals surface area (Å²) in [5.74, 6) is -0.515. The molecule has 0 radical (unpaired) electrons. The van der Waals surface area contributed by atoms with Crippen molar-refractivity contribution in [3.8, 4) is 0 Å². The normalized spacial score (nSPS) is 13.5. The highest BCUT2D eigenvalue weighted by atomic mass is 28.4. The molecule has 0 spiro atoms. The van der Waals surface area contributed by atoms with E-state index in [-0.39, 0.29) is 11.6 Å². The largest absolute Gasteiger partial charge is 0.451 e. The number of rotatable bonds is 9. The molecule has 0 aliphatic carbocycles. The summed E-state index contributed by atoms with van der Waals surface area (Å²) in [5.41, 5.74) is 1.01. The summed E-state index contributed by atoms with van der Waals surface area (Å²) in [6.07, 6.45) is 1.96. The molecule has 138 valence electrons. The molecule has 0 aromatic heterocycles. The van der Waals surface area contributed by atoms with Crippen LogP contribution in [0.1, 0.15) is 26.3 Å². The Labute approximate surface area is 151 Å². The van der Waals surface area contributed by atoms with Crippen molar-refractivity contribution in [3.05, 3.63) is 48.6 Å². The number of ether oxygens (including phenoxy) is 1. The van der Waals surface area contributed by atoms with Crippen LogP contribution in [0.5, 0.6) is 0 Å². The van der Waals surface area contributed by atoms with Gasteiger partial charge in [0.05, 0.1) is 12.8 Å². The van der Waals surface area contributed by atoms with Gasteiger partial charge in [0.25, 0.3) is 0 Å². The van der Waals surface area contributed by atoms with Crippen LogP contribution in [0.4, 0.5) is 0 Å². The Balaban J connectivity index is 2.61. The van der Waals surface area contributed by atoms with Gasteiger partial charge in [-0.25, -0.2) is 4.79 Å². The molecule has 1 aromatic carbocycles. The molecule has 0 aliphatic rings. The molecule has 0 saturated heterocycles. The fourth-order valence-corrected chi connectivity index (χ4v) is 2.62. The average Bonchev–Trinajstić information content (AvgIpc) is 2.56. The van der Waals surface area contributed by atoms with Crippen LogP contribution in [0.2, 0.25) is 18.1 Å². The van der Waals surface area contributed by atoms with E-state index in [1.54, 1.807) is 0 Å². The minimum atomic E-state index is -1.95. The maximum absolute atomic E-state index is 11.5. The van der Waals surface area contributed by atoms with Crippen LogP contribution in [-0.2, 0) is 25.4 Å². The molecule has 1 rings (SSSR count). The van der Waals surface area contributed by atoms with E-state index in [4.69, 9.17) is 14.0 Å². The second-order valence-corrected chi connectivity index (χ2v) is 12.1. The second kappa shape index (κ2) is 9.53. The first-order valence-corrected chi connectivity index (χ1v) is 11.2. The van der Waals surface area contributed by atoms with Crippen molar-refractivity contribution in [2.45, 2.75) is 51.6 Å². The van der Waals surface area contributed by atoms with Gasteiger partial charge in [0, 0.05) is 6.08 Å². The monoisotopic (exact) mass is 363 g/mol. The van der Waals surface area contributed by atoms with Crippen molar-refractivity contribution >= 4 is 20.5 Å². The predicted molar refractivity (Wildman–Crippen MR) is 103 cm³/mol. The van der Waals surface area contributed by atoms with E-state index >= 15 is 0 Å². The molecule has 0 bridgehead atoms. The molecule has 6 heteroatoms. The highest BCUT2D eigenvalue weighted by molar-refractivity contribution is 6.74. The summed E-state index contributed by atoms with van der Waals surface area (Å²) in [5, 5.41) is 3.99. The fourth-order valence-electron chi connectivity index (χ4n) is 1.61. The van der Waals surface area contributed by atoms with Gasteiger partial charge in [0.1, 0.15) is 6.61 Å². The van der Waals surface area contributed by atoms with Crippen LogP contribution in [0.15, 0.2) is 48.1 Å². The van der Waals surface area contributed by atoms with Crippen LogP contribution < -0.4 is 0 Å². The Morgan fingerprint density at radius 3 is 2.48 bits per heavy atom. The first kappa shape index (κ1) is 21.1. The van der Waals surface area contributed by atoms with E-state index in [9.17, 15) is 4.79 Å². The summed E-state index contributed by atoms with van der Waals surface area (Å²) < 4.78 is 11.4. The Hall–Kier alpha value is -1.92. The molecule has 1 atom stereocenters. The zero-order valence-corrected chi connectivity index (χ0v) is 16.8. The third-order valence-electron chi connectivity index (χ3n) is 4.22. The lowest BCUT2D eigenvalue weighted by Crippen LogP contribution is -2.43. The average molecular weight is 364 g/mol. The number of hydrogen-bond acceptors (Lipinski definition) is 5. The third-order valence-corrected chi connectivity index (χ3v) is 8.73. The van der Waals surface area contributed by atoms with E-state index < -0.39 is 20.4 Å². The highest BCUT2D eigenvalue weighted by Crippen LogP contribution is 2.36. The lowest BCUT2D eigenvalue weighted by molar-refractivity contribution is -0.141. The topological polar surface area (TPSA) is 57.1 Å². The van der Waals surface area contributed by atoms with Crippen molar-refractivity contribution in [2.24, 2.45) is 5.16 Å². The van der Waals surface area contributed by atoms with Gasteiger partial charge in [-0.2, -0.15) is 0 Å². The Kier molecular flexibility index (Phi) is 8.05. The zero-order chi connectivity index (χ0) is 18.9. The highest BCUT2D eigenvalue weighted by Gasteiger charge is 2.37. The van der Waals surface area contributed by atoms with Crippen LogP contribution >= 0.6 is 0 Å². The van der Waals surface area contributed by atoms with Crippen molar-refractivity contribution in [1.82, 2.24) is 0 Å². The molecule has 0 fully saturated rings. The Morgan fingerprint density at radius 1 is 1.28 bits per heavy atom. The van der Waals surface area contributed by atoms with Gasteiger partial charge < -0.3 is 14.0 Å². The van der Waals surface area contributed by atoms with E-state index in [0.717, 1.165) is 11.6 Å². The number of hydrogen-bond donors (Lipinski definition) is 0. The summed E-state index contributed by atoms with van der Waals surface area (Å²) in [6.45, 7) is 14.8. The first-order valence-electron chi connectivity index (χ1n) is 8.32. The van der Waals surface area contributed by atoms with Crippen molar-refractivity contribution in [3.63, 3.8) is 0 Å². The van der Waals surface area contributed by atoms with Gasteiger partial charge in [-0.3, -0.25) is 0 Å². The van der Waals surface area contributed by atoms with Gasteiger partial charge in [0.2, 0.25) is 0 Å². The van der Waals surface area contributed by atoms with Gasteiger partial charge in [-0.15, -0.1) is 0 Å². The van der Waals surface area contributed by atoms with Gasteiger partial charge >= 0.3 is 5.97 Å². The molecule has 0 saturated carbocycles. The maximum Gasteiger partial charge on any atom is 0.330 e. The number of benzene rings is 1. The summed E-state index contributed by atoms with van der Waals surface area (Å²) >= 11 is 0. The molecule has 25 heavy (non-hydrogen) atoms. The fraction of sp³-hybridized carbons (Fsp3) is 0.474. The molecule has 1 aromatic rings. The minimum absolute atomic E-state index is 0.0704. The lowest BCUT2D eigenvalue weighted by Gasteiger charge is -2.36. The smallest absolute Gasteiger partial charge is 0.330 e. The van der Waals surface area contributed by atoms with Crippen molar-refractivity contribution in [1.29, 1.82) is 0 Å². The lowest BCUT2D eigenvalue weighted by atomic mass is 10.2. The van der Waals surface area contributed by atoms with Crippen LogP contribution in [-0.4, -0.2) is 33.2 Å². The molecule has 0 aliphatic heterocycles. The minimum Gasteiger partial charge on any atom is -0.451 e. The molecule has 5 nitrogen and oxygen atoms in total. The standard InChI is InChI=1S/C19H29NO4Si/c1-7-18(21)24-17(15-23-25(5,6)19(2,3)4)13-20-22-14-16-11-9-8-10-12-16/h7-13,17H,1,14-15H2,2-6H3/b20-13+/t17-/m0/s1. The molecule has 0 amide bonds. The first-order chi connectivity index (χ1) is 11.7. The molecular formula is C19H29NO4Si. The molecule has 0 N–H and O–H groups in total. The summed E-state index contributed by atoms with van der Waals surface area (Å²) in [4.78, 5) is 16.8. The number of carbonyl (C=O) groups is 1. The van der Waals surface area contributed by atoms with Gasteiger partial charge in [-0.1, -0.05) is 62.8 Å². The van der Waals surface area contributed by atoms with Crippen molar-refractivity contribution in [2.75, 3.05) is 6.61 Å². The molecule has 0 heterocycles. The number of nitrogens with zero attached hydrogens (tertiary/aromatic N) is 1. The summed E-state index contributed by atoms with van der Waals surface area (Å²) in [6, 6.07) is 9.71. The van der Waals surface area contributed by atoms with Crippen LogP contribution in [0.25, 0.3) is 0 Å².